The second-order valence-corrected chi connectivity index (χ2v) is 10.4. The number of nitrogens with zero attached hydrogens (tertiary/aromatic N) is 2. The van der Waals surface area contributed by atoms with Gasteiger partial charge >= 0.3 is 0 Å². The predicted octanol–water partition coefficient (Wildman–Crippen LogP) is 8.93. The van der Waals surface area contributed by atoms with Gasteiger partial charge < -0.3 is 19.4 Å². The zero-order valence-electron chi connectivity index (χ0n) is 20.8. The molecular weight excluding hydrogens is 549 g/mol. The van der Waals surface area contributed by atoms with E-state index in [-0.39, 0.29) is 12.1 Å². The second-order valence-electron chi connectivity index (χ2n) is 9.24. The lowest BCUT2D eigenvalue weighted by Crippen LogP contribution is -2.29. The van der Waals surface area contributed by atoms with Gasteiger partial charge in [0.2, 0.25) is 0 Å². The molecule has 194 valence electrons. The number of hydrogen-bond acceptors (Lipinski definition) is 4. The maximum absolute atomic E-state index is 6.42. The Morgan fingerprint density at radius 3 is 2.31 bits per heavy atom. The van der Waals surface area contributed by atoms with Crippen LogP contribution in [0.1, 0.15) is 29.1 Å². The molecule has 6 rings (SSSR count). The van der Waals surface area contributed by atoms with E-state index in [1.807, 2.05) is 91.9 Å². The summed E-state index contributed by atoms with van der Waals surface area (Å²) in [6.07, 6.45) is 1.78. The molecule has 0 unspecified atom stereocenters. The smallest absolute Gasteiger partial charge is 0.174 e. The standard InChI is InChI=1S/C31H23Cl2N3O2S/c1-19-5-10-22(11-6-19)37-23-12-8-21(9-13-23)36-30(29(35-31(36)39)26-4-2-3-17-34-26)28-16-15-27(38-28)20-7-14-24(32)25(33)18-20/h2-18,29-30H,1H3,(H,35,39)/t29-,30-/m0/s1. The summed E-state index contributed by atoms with van der Waals surface area (Å²) in [6, 6.07) is 30.5. The highest BCUT2D eigenvalue weighted by molar-refractivity contribution is 7.80. The highest BCUT2D eigenvalue weighted by atomic mass is 35.5. The maximum atomic E-state index is 6.42. The molecule has 0 radical (unpaired) electrons. The van der Waals surface area contributed by atoms with Crippen molar-refractivity contribution in [2.24, 2.45) is 0 Å². The van der Waals surface area contributed by atoms with E-state index in [0.717, 1.165) is 34.2 Å². The fraction of sp³-hybridized carbons (Fsp3) is 0.0968. The fourth-order valence-corrected chi connectivity index (χ4v) is 5.30. The van der Waals surface area contributed by atoms with Gasteiger partial charge in [0.15, 0.2) is 5.11 Å². The maximum Gasteiger partial charge on any atom is 0.174 e. The van der Waals surface area contributed by atoms with E-state index in [0.29, 0.717) is 20.9 Å². The SMILES string of the molecule is Cc1ccc(Oc2ccc(N3C(=S)N[C@@H](c4ccccn4)[C@@H]3c3ccc(-c4ccc(Cl)c(Cl)c4)o3)cc2)cc1. The zero-order valence-corrected chi connectivity index (χ0v) is 23.2. The summed E-state index contributed by atoms with van der Waals surface area (Å²) in [5, 5.41) is 5.00. The number of nitrogens with one attached hydrogen (secondary N) is 1. The second kappa shape index (κ2) is 10.7. The molecule has 3 heterocycles. The molecule has 0 saturated carbocycles. The number of aromatic nitrogens is 1. The van der Waals surface area contributed by atoms with E-state index in [2.05, 4.69) is 15.2 Å². The number of thiocarbonyl (C=S) groups is 1. The van der Waals surface area contributed by atoms with E-state index in [1.165, 1.54) is 5.56 Å². The van der Waals surface area contributed by atoms with Crippen LogP contribution in [-0.4, -0.2) is 10.1 Å². The van der Waals surface area contributed by atoms with Crippen LogP contribution in [0.15, 0.2) is 108 Å². The van der Waals surface area contributed by atoms with Crippen molar-refractivity contribution in [3.63, 3.8) is 0 Å². The van der Waals surface area contributed by atoms with Gasteiger partial charge in [-0.05, 0) is 98.0 Å². The first-order chi connectivity index (χ1) is 19.0. The lowest BCUT2D eigenvalue weighted by Gasteiger charge is -2.26. The normalized spacial score (nSPS) is 16.8. The molecule has 1 fully saturated rings. The van der Waals surface area contributed by atoms with E-state index >= 15 is 0 Å². The van der Waals surface area contributed by atoms with E-state index in [4.69, 9.17) is 44.6 Å². The van der Waals surface area contributed by atoms with Gasteiger partial charge in [-0.15, -0.1) is 0 Å². The van der Waals surface area contributed by atoms with Gasteiger partial charge in [-0.2, -0.15) is 0 Å². The van der Waals surface area contributed by atoms with Crippen LogP contribution in [0.25, 0.3) is 11.3 Å². The quantitative estimate of drug-likeness (QED) is 0.205. The molecule has 0 amide bonds. The lowest BCUT2D eigenvalue weighted by molar-refractivity contribution is 0.439. The highest BCUT2D eigenvalue weighted by Crippen LogP contribution is 2.43. The molecule has 3 aromatic carbocycles. The summed E-state index contributed by atoms with van der Waals surface area (Å²) in [4.78, 5) is 6.67. The number of benzene rings is 3. The fourth-order valence-electron chi connectivity index (χ4n) is 4.66. The molecule has 1 saturated heterocycles. The van der Waals surface area contributed by atoms with Gasteiger partial charge in [0.1, 0.15) is 29.1 Å². The first-order valence-electron chi connectivity index (χ1n) is 12.4. The largest absolute Gasteiger partial charge is 0.459 e. The summed E-state index contributed by atoms with van der Waals surface area (Å²) in [5.41, 5.74) is 3.78. The Morgan fingerprint density at radius 1 is 0.872 bits per heavy atom. The molecule has 39 heavy (non-hydrogen) atoms. The van der Waals surface area contributed by atoms with Crippen molar-refractivity contribution in [3.05, 3.63) is 130 Å². The van der Waals surface area contributed by atoms with Crippen LogP contribution in [-0.2, 0) is 0 Å². The molecule has 1 aliphatic rings. The van der Waals surface area contributed by atoms with Gasteiger partial charge in [-0.25, -0.2) is 0 Å². The molecule has 2 aromatic heterocycles. The van der Waals surface area contributed by atoms with Crippen LogP contribution in [0.5, 0.6) is 11.5 Å². The van der Waals surface area contributed by atoms with Gasteiger partial charge in [-0.3, -0.25) is 4.98 Å². The predicted molar refractivity (Wildman–Crippen MR) is 160 cm³/mol. The third-order valence-electron chi connectivity index (χ3n) is 6.59. The molecule has 0 bridgehead atoms. The van der Waals surface area contributed by atoms with Gasteiger partial charge in [-0.1, -0.05) is 47.0 Å². The molecule has 8 heteroatoms. The average Bonchev–Trinajstić information content (AvgIpc) is 3.57. The summed E-state index contributed by atoms with van der Waals surface area (Å²) in [5.74, 6) is 2.94. The Balaban J connectivity index is 1.35. The lowest BCUT2D eigenvalue weighted by atomic mass is 10.0. The van der Waals surface area contributed by atoms with E-state index in [1.54, 1.807) is 18.3 Å². The molecule has 5 nitrogen and oxygen atoms in total. The number of rotatable bonds is 6. The Kier molecular flexibility index (Phi) is 7.00. The van der Waals surface area contributed by atoms with Crippen molar-refractivity contribution in [2.75, 3.05) is 4.90 Å². The Bertz CT molecular complexity index is 1620. The minimum absolute atomic E-state index is 0.227. The number of halogens is 2. The number of hydrogen-bond donors (Lipinski definition) is 1. The molecule has 1 aliphatic heterocycles. The van der Waals surface area contributed by atoms with Crippen molar-refractivity contribution in [1.82, 2.24) is 10.3 Å². The minimum atomic E-state index is -0.284. The van der Waals surface area contributed by atoms with Crippen LogP contribution in [0.2, 0.25) is 10.0 Å². The number of ether oxygens (including phenoxy) is 1. The van der Waals surface area contributed by atoms with Gasteiger partial charge in [0.25, 0.3) is 0 Å². The topological polar surface area (TPSA) is 50.5 Å². The highest BCUT2D eigenvalue weighted by Gasteiger charge is 2.42. The van der Waals surface area contributed by atoms with E-state index in [9.17, 15) is 0 Å². The number of pyridine rings is 1. The first-order valence-corrected chi connectivity index (χ1v) is 13.5. The third-order valence-corrected chi connectivity index (χ3v) is 7.65. The third kappa shape index (κ3) is 5.23. The van der Waals surface area contributed by atoms with Crippen molar-refractivity contribution < 1.29 is 9.15 Å². The van der Waals surface area contributed by atoms with Crippen molar-refractivity contribution in [1.29, 1.82) is 0 Å². The number of furan rings is 1. The van der Waals surface area contributed by atoms with Crippen molar-refractivity contribution >= 4 is 46.2 Å². The monoisotopic (exact) mass is 571 g/mol. The summed E-state index contributed by atoms with van der Waals surface area (Å²) >= 11 is 18.2. The minimum Gasteiger partial charge on any atom is -0.459 e. The Morgan fingerprint density at radius 2 is 1.62 bits per heavy atom. The summed E-state index contributed by atoms with van der Waals surface area (Å²) in [7, 11) is 0. The molecule has 0 spiro atoms. The van der Waals surface area contributed by atoms with Crippen molar-refractivity contribution in [3.8, 4) is 22.8 Å². The number of aryl methyl sites for hydroxylation is 1. The Labute approximate surface area is 242 Å². The molecular formula is C31H23Cl2N3O2S. The number of anilines is 1. The van der Waals surface area contributed by atoms with E-state index < -0.39 is 0 Å². The Hall–Kier alpha value is -3.84. The van der Waals surface area contributed by atoms with Crippen molar-refractivity contribution in [2.45, 2.75) is 19.0 Å². The first kappa shape index (κ1) is 25.4. The summed E-state index contributed by atoms with van der Waals surface area (Å²) < 4.78 is 12.5. The van der Waals surface area contributed by atoms with Gasteiger partial charge in [0.05, 0.1) is 21.8 Å². The van der Waals surface area contributed by atoms with Crippen LogP contribution in [0.4, 0.5) is 5.69 Å². The van der Waals surface area contributed by atoms with Crippen LogP contribution in [0, 0.1) is 6.92 Å². The molecule has 5 aromatic rings. The van der Waals surface area contributed by atoms with Crippen LogP contribution >= 0.6 is 35.4 Å². The molecule has 2 atom stereocenters. The van der Waals surface area contributed by atoms with Crippen LogP contribution in [0.3, 0.4) is 0 Å². The molecule has 1 N–H and O–H groups in total. The molecule has 0 aliphatic carbocycles. The van der Waals surface area contributed by atoms with Gasteiger partial charge in [0, 0.05) is 17.4 Å². The average molecular weight is 573 g/mol. The summed E-state index contributed by atoms with van der Waals surface area (Å²) in [6.45, 7) is 2.05. The zero-order chi connectivity index (χ0) is 26.9. The van der Waals surface area contributed by atoms with Crippen LogP contribution < -0.4 is 15.0 Å².